The van der Waals surface area contributed by atoms with Crippen LogP contribution in [0.15, 0.2) is 0 Å². The van der Waals surface area contributed by atoms with E-state index < -0.39 is 5.54 Å². The fourth-order valence-electron chi connectivity index (χ4n) is 3.18. The van der Waals surface area contributed by atoms with Crippen molar-refractivity contribution in [3.05, 3.63) is 0 Å². The molecule has 0 radical (unpaired) electrons. The van der Waals surface area contributed by atoms with Gasteiger partial charge in [0.2, 0.25) is 0 Å². The van der Waals surface area contributed by atoms with E-state index in [0.29, 0.717) is 11.8 Å². The third kappa shape index (κ3) is 3.01. The zero-order valence-corrected chi connectivity index (χ0v) is 11.7. The van der Waals surface area contributed by atoms with E-state index in [1.165, 1.54) is 13.5 Å². The van der Waals surface area contributed by atoms with Crippen LogP contribution < -0.4 is 5.32 Å². The van der Waals surface area contributed by atoms with Crippen molar-refractivity contribution in [2.24, 2.45) is 11.8 Å². The van der Waals surface area contributed by atoms with Crippen LogP contribution in [0, 0.1) is 11.8 Å². The highest BCUT2D eigenvalue weighted by molar-refractivity contribution is 5.81. The Labute approximate surface area is 105 Å². The monoisotopic (exact) mass is 241 g/mol. The van der Waals surface area contributed by atoms with Gasteiger partial charge in [0.05, 0.1) is 7.11 Å². The number of nitrogens with one attached hydrogen (secondary N) is 1. The lowest BCUT2D eigenvalue weighted by atomic mass is 9.67. The third-order valence-corrected chi connectivity index (χ3v) is 4.01. The summed E-state index contributed by atoms with van der Waals surface area (Å²) in [5.74, 6) is 0.846. The number of hydrogen-bond donors (Lipinski definition) is 1. The molecule has 2 atom stereocenters. The van der Waals surface area contributed by atoms with Crippen LogP contribution in [0.4, 0.5) is 0 Å². The lowest BCUT2D eigenvalue weighted by Gasteiger charge is -2.44. The molecule has 0 aromatic carbocycles. The predicted molar refractivity (Wildman–Crippen MR) is 69.8 cm³/mol. The molecule has 3 heteroatoms. The van der Waals surface area contributed by atoms with Gasteiger partial charge in [0, 0.05) is 0 Å². The smallest absolute Gasteiger partial charge is 0.326 e. The molecule has 1 saturated carbocycles. The van der Waals surface area contributed by atoms with Crippen molar-refractivity contribution in [1.82, 2.24) is 5.32 Å². The Morgan fingerprint density at radius 3 is 2.71 bits per heavy atom. The zero-order chi connectivity index (χ0) is 12.9. The molecule has 3 nitrogen and oxygen atoms in total. The molecule has 0 heterocycles. The van der Waals surface area contributed by atoms with Gasteiger partial charge in [-0.3, -0.25) is 4.79 Å². The van der Waals surface area contributed by atoms with E-state index in [9.17, 15) is 4.79 Å². The molecule has 0 aliphatic heterocycles. The first-order valence-electron chi connectivity index (χ1n) is 6.92. The fourth-order valence-corrected chi connectivity index (χ4v) is 3.18. The van der Waals surface area contributed by atoms with Gasteiger partial charge in [0.1, 0.15) is 5.54 Å². The van der Waals surface area contributed by atoms with E-state index >= 15 is 0 Å². The van der Waals surface area contributed by atoms with Crippen LogP contribution in [0.2, 0.25) is 0 Å². The summed E-state index contributed by atoms with van der Waals surface area (Å²) in [5.41, 5.74) is -0.433. The van der Waals surface area contributed by atoms with Gasteiger partial charge in [-0.05, 0) is 37.6 Å². The van der Waals surface area contributed by atoms with Crippen molar-refractivity contribution in [2.45, 2.75) is 58.4 Å². The van der Waals surface area contributed by atoms with Gasteiger partial charge < -0.3 is 10.1 Å². The van der Waals surface area contributed by atoms with Gasteiger partial charge in [-0.15, -0.1) is 0 Å². The fraction of sp³-hybridized carbons (Fsp3) is 0.929. The number of rotatable bonds is 5. The molecule has 100 valence electrons. The van der Waals surface area contributed by atoms with Crippen LogP contribution in [0.3, 0.4) is 0 Å². The van der Waals surface area contributed by atoms with Gasteiger partial charge in [-0.25, -0.2) is 0 Å². The number of ether oxygens (including phenoxy) is 1. The summed E-state index contributed by atoms with van der Waals surface area (Å²) in [7, 11) is 1.50. The molecular formula is C14H27NO2. The molecule has 0 saturated heterocycles. The molecule has 2 unspecified atom stereocenters. The maximum atomic E-state index is 12.2. The first-order chi connectivity index (χ1) is 8.08. The van der Waals surface area contributed by atoms with Crippen LogP contribution in [0.5, 0.6) is 0 Å². The van der Waals surface area contributed by atoms with E-state index in [1.807, 2.05) is 0 Å². The van der Waals surface area contributed by atoms with E-state index in [4.69, 9.17) is 4.74 Å². The van der Waals surface area contributed by atoms with Gasteiger partial charge >= 0.3 is 5.97 Å². The van der Waals surface area contributed by atoms with Crippen molar-refractivity contribution in [3.8, 4) is 0 Å². The summed E-state index contributed by atoms with van der Waals surface area (Å²) < 4.78 is 5.07. The highest BCUT2D eigenvalue weighted by atomic mass is 16.5. The van der Waals surface area contributed by atoms with Crippen LogP contribution in [0.1, 0.15) is 52.9 Å². The Bertz CT molecular complexity index is 253. The second kappa shape index (κ2) is 6.39. The standard InChI is InChI=1S/C14H27NO2/c1-5-10-15-14(13(16)17-4)9-7-6-8-12(14)11(2)3/h11-12,15H,5-10H2,1-4H3. The van der Waals surface area contributed by atoms with Crippen molar-refractivity contribution in [2.75, 3.05) is 13.7 Å². The van der Waals surface area contributed by atoms with Gasteiger partial charge in [-0.1, -0.05) is 33.6 Å². The SMILES string of the molecule is CCCNC1(C(=O)OC)CCCCC1C(C)C. The molecule has 0 bridgehead atoms. The summed E-state index contributed by atoms with van der Waals surface area (Å²) >= 11 is 0. The van der Waals surface area contributed by atoms with Gasteiger partial charge in [-0.2, -0.15) is 0 Å². The topological polar surface area (TPSA) is 38.3 Å². The Morgan fingerprint density at radius 2 is 2.18 bits per heavy atom. The number of methoxy groups -OCH3 is 1. The second-order valence-electron chi connectivity index (χ2n) is 5.49. The van der Waals surface area contributed by atoms with Crippen LogP contribution >= 0.6 is 0 Å². The minimum Gasteiger partial charge on any atom is -0.468 e. The maximum absolute atomic E-state index is 12.2. The molecule has 0 aromatic rings. The molecule has 1 fully saturated rings. The summed E-state index contributed by atoms with van der Waals surface area (Å²) in [6, 6.07) is 0. The molecule has 0 amide bonds. The molecule has 1 rings (SSSR count). The molecule has 1 aliphatic rings. The lowest BCUT2D eigenvalue weighted by Crippen LogP contribution is -2.60. The number of carbonyl (C=O) groups is 1. The van der Waals surface area contributed by atoms with Crippen molar-refractivity contribution < 1.29 is 9.53 Å². The largest absolute Gasteiger partial charge is 0.468 e. The minimum atomic E-state index is -0.433. The summed E-state index contributed by atoms with van der Waals surface area (Å²) in [6.07, 6.45) is 5.44. The van der Waals surface area contributed by atoms with Gasteiger partial charge in [0.15, 0.2) is 0 Å². The Balaban J connectivity index is 2.94. The highest BCUT2D eigenvalue weighted by Crippen LogP contribution is 2.39. The quantitative estimate of drug-likeness (QED) is 0.752. The Morgan fingerprint density at radius 1 is 1.47 bits per heavy atom. The normalized spacial score (nSPS) is 29.4. The second-order valence-corrected chi connectivity index (χ2v) is 5.49. The highest BCUT2D eigenvalue weighted by Gasteiger charge is 2.48. The summed E-state index contributed by atoms with van der Waals surface area (Å²) in [5, 5.41) is 3.49. The molecule has 1 N–H and O–H groups in total. The molecule has 0 aromatic heterocycles. The van der Waals surface area contributed by atoms with E-state index in [1.54, 1.807) is 0 Å². The maximum Gasteiger partial charge on any atom is 0.326 e. The van der Waals surface area contributed by atoms with Crippen molar-refractivity contribution in [3.63, 3.8) is 0 Å². The number of esters is 1. The average molecular weight is 241 g/mol. The Kier molecular flexibility index (Phi) is 5.44. The number of carbonyl (C=O) groups excluding carboxylic acids is 1. The third-order valence-electron chi connectivity index (χ3n) is 4.01. The molecular weight excluding hydrogens is 214 g/mol. The zero-order valence-electron chi connectivity index (χ0n) is 11.7. The van der Waals surface area contributed by atoms with Crippen LogP contribution in [-0.4, -0.2) is 25.2 Å². The molecule has 17 heavy (non-hydrogen) atoms. The van der Waals surface area contributed by atoms with E-state index in [2.05, 4.69) is 26.1 Å². The molecule has 0 spiro atoms. The van der Waals surface area contributed by atoms with E-state index in [0.717, 1.165) is 32.2 Å². The average Bonchev–Trinajstić information content (AvgIpc) is 2.35. The first-order valence-corrected chi connectivity index (χ1v) is 6.92. The van der Waals surface area contributed by atoms with Crippen LogP contribution in [-0.2, 0) is 9.53 Å². The van der Waals surface area contributed by atoms with Crippen molar-refractivity contribution >= 4 is 5.97 Å². The predicted octanol–water partition coefficient (Wildman–Crippen LogP) is 2.74. The Hall–Kier alpha value is -0.570. The number of hydrogen-bond acceptors (Lipinski definition) is 3. The van der Waals surface area contributed by atoms with Gasteiger partial charge in [0.25, 0.3) is 0 Å². The molecule has 1 aliphatic carbocycles. The summed E-state index contributed by atoms with van der Waals surface area (Å²) in [6.45, 7) is 7.44. The van der Waals surface area contributed by atoms with Crippen LogP contribution in [0.25, 0.3) is 0 Å². The van der Waals surface area contributed by atoms with Crippen molar-refractivity contribution in [1.29, 1.82) is 0 Å². The first kappa shape index (κ1) is 14.5. The minimum absolute atomic E-state index is 0.0654. The van der Waals surface area contributed by atoms with E-state index in [-0.39, 0.29) is 5.97 Å². The summed E-state index contributed by atoms with van der Waals surface area (Å²) in [4.78, 5) is 12.2. The lowest BCUT2D eigenvalue weighted by molar-refractivity contribution is -0.154.